The molecule has 13 aromatic rings. The monoisotopic (exact) mass is 883 g/mol. The number of hydrogen-bond acceptors (Lipinski definition) is 3. The molecule has 0 saturated carbocycles. The maximum atomic E-state index is 6.77. The second-order valence-electron chi connectivity index (χ2n) is 17.9. The summed E-state index contributed by atoms with van der Waals surface area (Å²) >= 11 is 1.86. The van der Waals surface area contributed by atoms with Crippen molar-refractivity contribution in [1.82, 2.24) is 0 Å². The van der Waals surface area contributed by atoms with Crippen LogP contribution in [0.3, 0.4) is 0 Å². The maximum absolute atomic E-state index is 6.77. The molecule has 0 spiro atoms. The molecule has 2 heterocycles. The van der Waals surface area contributed by atoms with Crippen LogP contribution in [0, 0.1) is 0 Å². The molecule has 0 radical (unpaired) electrons. The molecule has 318 valence electrons. The minimum Gasteiger partial charge on any atom is -0.455 e. The molecule has 0 aliphatic heterocycles. The third kappa shape index (κ3) is 5.76. The quantitative estimate of drug-likeness (QED) is 0.159. The average Bonchev–Trinajstić information content (AvgIpc) is 4.08. The van der Waals surface area contributed by atoms with Gasteiger partial charge in [0.1, 0.15) is 11.2 Å². The molecule has 14 rings (SSSR count). The smallest absolute Gasteiger partial charge is 0.143 e. The Kier molecular flexibility index (Phi) is 8.71. The summed E-state index contributed by atoms with van der Waals surface area (Å²) in [6.07, 6.45) is 0. The van der Waals surface area contributed by atoms with Crippen molar-refractivity contribution in [2.75, 3.05) is 4.90 Å². The van der Waals surface area contributed by atoms with Gasteiger partial charge in [0.25, 0.3) is 0 Å². The van der Waals surface area contributed by atoms with Crippen LogP contribution in [0.2, 0.25) is 0 Å². The largest absolute Gasteiger partial charge is 0.455 e. The van der Waals surface area contributed by atoms with Crippen molar-refractivity contribution in [3.63, 3.8) is 0 Å². The normalized spacial score (nSPS) is 12.8. The molecule has 0 N–H and O–H groups in total. The molecule has 0 fully saturated rings. The molecule has 1 aliphatic rings. The van der Waals surface area contributed by atoms with Crippen LogP contribution < -0.4 is 4.90 Å². The Hall–Kier alpha value is -8.50. The second-order valence-corrected chi connectivity index (χ2v) is 19.0. The molecule has 11 aromatic carbocycles. The van der Waals surface area contributed by atoms with Crippen molar-refractivity contribution in [3.05, 3.63) is 271 Å². The number of para-hydroxylation sites is 1. The van der Waals surface area contributed by atoms with Crippen molar-refractivity contribution in [3.8, 4) is 33.4 Å². The van der Waals surface area contributed by atoms with Gasteiger partial charge in [0.2, 0.25) is 0 Å². The first-order valence-corrected chi connectivity index (χ1v) is 24.1. The maximum Gasteiger partial charge on any atom is 0.143 e. The summed E-state index contributed by atoms with van der Waals surface area (Å²) in [6, 6.07) is 91.4. The topological polar surface area (TPSA) is 16.4 Å². The van der Waals surface area contributed by atoms with E-state index in [9.17, 15) is 0 Å². The Morgan fingerprint density at radius 1 is 0.368 bits per heavy atom. The Labute approximate surface area is 398 Å². The number of hydrogen-bond donors (Lipinski definition) is 0. The summed E-state index contributed by atoms with van der Waals surface area (Å²) in [5, 5.41) is 7.12. The molecule has 0 saturated heterocycles. The summed E-state index contributed by atoms with van der Waals surface area (Å²) in [5.41, 5.74) is 16.7. The Balaban J connectivity index is 1.00. The van der Waals surface area contributed by atoms with Crippen molar-refractivity contribution < 1.29 is 4.42 Å². The number of fused-ring (bicyclic) bond motifs is 11. The van der Waals surface area contributed by atoms with E-state index >= 15 is 0 Å². The van der Waals surface area contributed by atoms with E-state index in [0.29, 0.717) is 0 Å². The standard InChI is InChI=1S/C65H41NOS/c1-3-17-45(18-4-1)65(46-19-5-2-6-20-46)57-26-12-9-22-50(57)51-38-36-48(41-58(51)65)66(47-34-30-42(31-35-47)44-33-39-62-56(40-44)53-24-11-14-29-61(53)68-62)59-27-13-10-23-52(59)54-25-15-28-60-63(54)55-37-32-43-16-7-8-21-49(43)64(55)67-60/h1-41H. The summed E-state index contributed by atoms with van der Waals surface area (Å²) in [6.45, 7) is 0. The van der Waals surface area contributed by atoms with Gasteiger partial charge in [0, 0.05) is 53.3 Å². The predicted octanol–water partition coefficient (Wildman–Crippen LogP) is 18.3. The molecule has 0 amide bonds. The van der Waals surface area contributed by atoms with Crippen LogP contribution in [0.25, 0.3) is 86.3 Å². The van der Waals surface area contributed by atoms with E-state index in [4.69, 9.17) is 4.42 Å². The molecular formula is C65H41NOS. The van der Waals surface area contributed by atoms with Gasteiger partial charge in [-0.1, -0.05) is 188 Å². The van der Waals surface area contributed by atoms with Crippen molar-refractivity contribution in [1.29, 1.82) is 0 Å². The highest BCUT2D eigenvalue weighted by Crippen LogP contribution is 2.58. The fourth-order valence-electron chi connectivity index (χ4n) is 11.4. The number of benzene rings is 11. The van der Waals surface area contributed by atoms with E-state index in [-0.39, 0.29) is 0 Å². The van der Waals surface area contributed by atoms with Gasteiger partial charge in [-0.25, -0.2) is 0 Å². The lowest BCUT2D eigenvalue weighted by Gasteiger charge is -2.35. The fourth-order valence-corrected chi connectivity index (χ4v) is 12.5. The first-order valence-electron chi connectivity index (χ1n) is 23.3. The fraction of sp³-hybridized carbons (Fsp3) is 0.0154. The zero-order chi connectivity index (χ0) is 44.8. The number of nitrogens with zero attached hydrogens (tertiary/aromatic N) is 1. The van der Waals surface area contributed by atoms with E-state index in [1.165, 1.54) is 70.1 Å². The van der Waals surface area contributed by atoms with E-state index < -0.39 is 5.41 Å². The van der Waals surface area contributed by atoms with Crippen molar-refractivity contribution in [2.24, 2.45) is 0 Å². The van der Waals surface area contributed by atoms with Gasteiger partial charge in [0.05, 0.1) is 11.1 Å². The van der Waals surface area contributed by atoms with E-state index in [1.54, 1.807) is 0 Å². The van der Waals surface area contributed by atoms with Crippen molar-refractivity contribution >= 4 is 81.3 Å². The number of furan rings is 1. The van der Waals surface area contributed by atoms with Crippen LogP contribution in [0.1, 0.15) is 22.3 Å². The van der Waals surface area contributed by atoms with Gasteiger partial charge in [0.15, 0.2) is 0 Å². The lowest BCUT2D eigenvalue weighted by atomic mass is 9.67. The molecule has 0 bridgehead atoms. The Bertz CT molecular complexity index is 4050. The number of thiophene rings is 1. The zero-order valence-corrected chi connectivity index (χ0v) is 37.8. The van der Waals surface area contributed by atoms with Crippen LogP contribution in [0.15, 0.2) is 253 Å². The highest BCUT2D eigenvalue weighted by molar-refractivity contribution is 7.25. The van der Waals surface area contributed by atoms with Crippen LogP contribution >= 0.6 is 11.3 Å². The highest BCUT2D eigenvalue weighted by atomic mass is 32.1. The van der Waals surface area contributed by atoms with Crippen LogP contribution in [-0.4, -0.2) is 0 Å². The average molecular weight is 884 g/mol. The van der Waals surface area contributed by atoms with Gasteiger partial charge in [-0.3, -0.25) is 0 Å². The van der Waals surface area contributed by atoms with Gasteiger partial charge in [-0.05, 0) is 116 Å². The van der Waals surface area contributed by atoms with E-state index in [2.05, 4.69) is 254 Å². The predicted molar refractivity (Wildman–Crippen MR) is 287 cm³/mol. The third-order valence-corrected chi connectivity index (χ3v) is 15.5. The number of rotatable bonds is 7. The SMILES string of the molecule is c1ccc(C2(c3ccccc3)c3ccccc3-c3ccc(N(c4ccc(-c5ccc6sc7ccccc7c6c5)cc4)c4ccccc4-c4cccc5oc6c7ccccc7ccc6c45)cc32)cc1. The van der Waals surface area contributed by atoms with E-state index in [1.807, 2.05) is 11.3 Å². The summed E-state index contributed by atoms with van der Waals surface area (Å²) in [5.74, 6) is 0. The molecular weight excluding hydrogens is 843 g/mol. The molecule has 1 aliphatic carbocycles. The molecule has 3 heteroatoms. The molecule has 2 aromatic heterocycles. The zero-order valence-electron chi connectivity index (χ0n) is 36.9. The molecule has 0 atom stereocenters. The Morgan fingerprint density at radius 2 is 1.00 bits per heavy atom. The summed E-state index contributed by atoms with van der Waals surface area (Å²) < 4.78 is 9.40. The second kappa shape index (κ2) is 15.3. The van der Waals surface area contributed by atoms with Gasteiger partial charge in [-0.15, -0.1) is 11.3 Å². The molecule has 2 nitrogen and oxygen atoms in total. The van der Waals surface area contributed by atoms with Crippen LogP contribution in [0.4, 0.5) is 17.1 Å². The Morgan fingerprint density at radius 3 is 1.82 bits per heavy atom. The minimum absolute atomic E-state index is 0.548. The van der Waals surface area contributed by atoms with E-state index in [0.717, 1.165) is 55.5 Å². The third-order valence-electron chi connectivity index (χ3n) is 14.4. The summed E-state index contributed by atoms with van der Waals surface area (Å²) in [7, 11) is 0. The summed E-state index contributed by atoms with van der Waals surface area (Å²) in [4.78, 5) is 2.47. The van der Waals surface area contributed by atoms with Gasteiger partial charge < -0.3 is 9.32 Å². The molecule has 68 heavy (non-hydrogen) atoms. The minimum atomic E-state index is -0.548. The lowest BCUT2D eigenvalue weighted by molar-refractivity contribution is 0.673. The first-order chi connectivity index (χ1) is 33.7. The number of anilines is 3. The van der Waals surface area contributed by atoms with Gasteiger partial charge >= 0.3 is 0 Å². The van der Waals surface area contributed by atoms with Gasteiger partial charge in [-0.2, -0.15) is 0 Å². The molecule has 0 unspecified atom stereocenters. The first kappa shape index (κ1) is 38.7. The van der Waals surface area contributed by atoms with Crippen molar-refractivity contribution in [2.45, 2.75) is 5.41 Å². The van der Waals surface area contributed by atoms with Crippen LogP contribution in [0.5, 0.6) is 0 Å². The highest BCUT2D eigenvalue weighted by Gasteiger charge is 2.46. The lowest BCUT2D eigenvalue weighted by Crippen LogP contribution is -2.28. The van der Waals surface area contributed by atoms with Crippen LogP contribution in [-0.2, 0) is 5.41 Å².